The zero-order valence-corrected chi connectivity index (χ0v) is 36.2. The predicted octanol–water partition coefficient (Wildman–Crippen LogP) is 16.4. The topological polar surface area (TPSA) is 52.6 Å². The molecular weight excluding hydrogens is 653 g/mol. The van der Waals surface area contributed by atoms with Crippen LogP contribution in [0.4, 0.5) is 0 Å². The van der Waals surface area contributed by atoms with Crippen molar-refractivity contribution >= 4 is 11.9 Å². The zero-order valence-electron chi connectivity index (χ0n) is 36.2. The van der Waals surface area contributed by atoms with Crippen molar-refractivity contribution in [3.8, 4) is 0 Å². The molecule has 0 aromatic heterocycles. The highest BCUT2D eigenvalue weighted by atomic mass is 16.5. The zero-order chi connectivity index (χ0) is 38.1. The van der Waals surface area contributed by atoms with Gasteiger partial charge in [0.15, 0.2) is 0 Å². The average molecular weight is 747 g/mol. The highest BCUT2D eigenvalue weighted by molar-refractivity contribution is 5.72. The molecule has 1 unspecified atom stereocenters. The van der Waals surface area contributed by atoms with Gasteiger partial charge in [0.05, 0.1) is 19.1 Å². The second-order valence-electron chi connectivity index (χ2n) is 17.5. The lowest BCUT2D eigenvalue weighted by Crippen LogP contribution is -2.20. The number of esters is 2. The summed E-state index contributed by atoms with van der Waals surface area (Å²) in [6.07, 6.45) is 53.2. The number of carbonyl (C=O) groups is 2. The molecule has 1 aliphatic carbocycles. The van der Waals surface area contributed by atoms with Crippen LogP contribution in [0.5, 0.6) is 0 Å². The van der Waals surface area contributed by atoms with Crippen LogP contribution >= 0.6 is 0 Å². The van der Waals surface area contributed by atoms with Crippen LogP contribution < -0.4 is 0 Å². The van der Waals surface area contributed by atoms with Gasteiger partial charge in [0.25, 0.3) is 0 Å². The largest absolute Gasteiger partial charge is 0.465 e. The quantitative estimate of drug-likeness (QED) is 0.0653. The molecule has 0 bridgehead atoms. The Morgan fingerprint density at radius 3 is 1.13 bits per heavy atom. The van der Waals surface area contributed by atoms with Gasteiger partial charge in [-0.25, -0.2) is 0 Å². The highest BCUT2D eigenvalue weighted by Gasteiger charge is 2.20. The van der Waals surface area contributed by atoms with Gasteiger partial charge in [0.1, 0.15) is 0 Å². The fourth-order valence-corrected chi connectivity index (χ4v) is 8.21. The summed E-state index contributed by atoms with van der Waals surface area (Å²) in [5.74, 6) is 0.202. The Morgan fingerprint density at radius 1 is 0.453 bits per heavy atom. The number of carbonyl (C=O) groups excluding carboxylic acids is 2. The second-order valence-corrected chi connectivity index (χ2v) is 17.5. The predicted molar refractivity (Wildman–Crippen MR) is 230 cm³/mol. The maximum Gasteiger partial charge on any atom is 0.308 e. The smallest absolute Gasteiger partial charge is 0.308 e. The van der Waals surface area contributed by atoms with Crippen LogP contribution in [0.25, 0.3) is 0 Å². The third-order valence-electron chi connectivity index (χ3n) is 12.1. The van der Waals surface area contributed by atoms with Gasteiger partial charge in [0.2, 0.25) is 0 Å². The van der Waals surface area contributed by atoms with Gasteiger partial charge in [-0.2, -0.15) is 0 Å². The van der Waals surface area contributed by atoms with Crippen molar-refractivity contribution in [3.05, 3.63) is 0 Å². The highest BCUT2D eigenvalue weighted by Crippen LogP contribution is 2.22. The summed E-state index contributed by atoms with van der Waals surface area (Å²) in [6, 6.07) is 0. The van der Waals surface area contributed by atoms with Gasteiger partial charge < -0.3 is 9.47 Å². The second kappa shape index (κ2) is 40.6. The van der Waals surface area contributed by atoms with E-state index in [4.69, 9.17) is 9.47 Å². The minimum Gasteiger partial charge on any atom is -0.465 e. The summed E-state index contributed by atoms with van der Waals surface area (Å²) in [4.78, 5) is 25.4. The maximum atomic E-state index is 13.1. The molecule has 314 valence electrons. The molecule has 0 N–H and O–H groups in total. The van der Waals surface area contributed by atoms with Crippen LogP contribution in [-0.2, 0) is 19.1 Å². The molecule has 0 saturated heterocycles. The molecule has 0 amide bonds. The van der Waals surface area contributed by atoms with Crippen molar-refractivity contribution in [1.82, 2.24) is 0 Å². The molecule has 4 heteroatoms. The van der Waals surface area contributed by atoms with Gasteiger partial charge in [-0.15, -0.1) is 0 Å². The van der Waals surface area contributed by atoms with Crippen molar-refractivity contribution in [2.24, 2.45) is 11.8 Å². The molecule has 1 rings (SSSR count). The molecule has 1 fully saturated rings. The van der Waals surface area contributed by atoms with Crippen molar-refractivity contribution < 1.29 is 19.1 Å². The first kappa shape index (κ1) is 50.0. The first-order valence-corrected chi connectivity index (χ1v) is 24.5. The Bertz CT molecular complexity index is 744. The van der Waals surface area contributed by atoms with Crippen molar-refractivity contribution in [1.29, 1.82) is 0 Å². The van der Waals surface area contributed by atoms with Gasteiger partial charge in [-0.3, -0.25) is 9.59 Å². The van der Waals surface area contributed by atoms with E-state index in [1.807, 2.05) is 0 Å². The van der Waals surface area contributed by atoms with Crippen LogP contribution in [0.15, 0.2) is 0 Å². The summed E-state index contributed by atoms with van der Waals surface area (Å²) < 4.78 is 11.4. The lowest BCUT2D eigenvalue weighted by molar-refractivity contribution is -0.151. The van der Waals surface area contributed by atoms with Crippen LogP contribution in [0.1, 0.15) is 277 Å². The van der Waals surface area contributed by atoms with Gasteiger partial charge in [-0.1, -0.05) is 245 Å². The molecule has 0 aliphatic heterocycles. The Morgan fingerprint density at radius 2 is 0.774 bits per heavy atom. The van der Waals surface area contributed by atoms with Crippen LogP contribution in [0.3, 0.4) is 0 Å². The number of unbranched alkanes of at least 4 members (excludes halogenated alkanes) is 18. The molecule has 0 heterocycles. The van der Waals surface area contributed by atoms with Gasteiger partial charge >= 0.3 is 11.9 Å². The average Bonchev–Trinajstić information content (AvgIpc) is 3.16. The fraction of sp³-hybridized carbons (Fsp3) is 0.959. The molecular formula is C49H94O4. The van der Waals surface area contributed by atoms with Gasteiger partial charge in [-0.05, 0) is 31.6 Å². The normalized spacial score (nSPS) is 17.5. The lowest BCUT2D eigenvalue weighted by atomic mass is 9.94. The molecule has 0 spiro atoms. The Labute approximate surface area is 332 Å². The third kappa shape index (κ3) is 36.3. The molecule has 4 nitrogen and oxygen atoms in total. The van der Waals surface area contributed by atoms with Gasteiger partial charge in [0, 0.05) is 6.42 Å². The Balaban J connectivity index is 2.04. The maximum absolute atomic E-state index is 13.1. The molecule has 1 saturated carbocycles. The Hall–Kier alpha value is -1.06. The van der Waals surface area contributed by atoms with Crippen LogP contribution in [-0.4, -0.2) is 25.2 Å². The summed E-state index contributed by atoms with van der Waals surface area (Å²) in [5.41, 5.74) is 0. The standard InChI is InChI=1S/C49H94O4/c1-3-4-5-6-7-8-9-10-11-12-13-18-21-24-27-30-33-36-39-42-48(50)53-45-46(2)43-44-52-49(51)47-40-37-34-31-28-25-22-19-16-14-15-17-20-23-26-29-32-35-38-41-47/h46-47H,3-45H2,1-2H3. The molecule has 1 atom stereocenters. The number of hydrogen-bond acceptors (Lipinski definition) is 4. The number of rotatable bonds is 26. The van der Waals surface area contributed by atoms with Crippen molar-refractivity contribution in [3.63, 3.8) is 0 Å². The third-order valence-corrected chi connectivity index (χ3v) is 12.1. The minimum atomic E-state index is -0.0698. The summed E-state index contributed by atoms with van der Waals surface area (Å²) in [5, 5.41) is 0. The first-order valence-electron chi connectivity index (χ1n) is 24.5. The molecule has 0 radical (unpaired) electrons. The van der Waals surface area contributed by atoms with E-state index >= 15 is 0 Å². The number of ether oxygens (including phenoxy) is 2. The summed E-state index contributed by atoms with van der Waals surface area (Å²) in [7, 11) is 0. The van der Waals surface area contributed by atoms with Crippen LogP contribution in [0.2, 0.25) is 0 Å². The lowest BCUT2D eigenvalue weighted by Gasteiger charge is -2.17. The fourth-order valence-electron chi connectivity index (χ4n) is 8.21. The van der Waals surface area contributed by atoms with E-state index in [0.29, 0.717) is 19.6 Å². The minimum absolute atomic E-state index is 0.0110. The first-order chi connectivity index (χ1) is 26.1. The molecule has 0 aromatic carbocycles. The van der Waals surface area contributed by atoms with E-state index in [2.05, 4.69) is 13.8 Å². The van der Waals surface area contributed by atoms with E-state index < -0.39 is 0 Å². The van der Waals surface area contributed by atoms with E-state index in [0.717, 1.165) is 44.9 Å². The van der Waals surface area contributed by atoms with Crippen molar-refractivity contribution in [2.75, 3.05) is 13.2 Å². The molecule has 53 heavy (non-hydrogen) atoms. The molecule has 0 aromatic rings. The van der Waals surface area contributed by atoms with Crippen molar-refractivity contribution in [2.45, 2.75) is 277 Å². The summed E-state index contributed by atoms with van der Waals surface area (Å²) in [6.45, 7) is 5.26. The van der Waals surface area contributed by atoms with E-state index in [-0.39, 0.29) is 23.8 Å². The van der Waals surface area contributed by atoms with E-state index in [1.165, 1.54) is 212 Å². The summed E-state index contributed by atoms with van der Waals surface area (Å²) >= 11 is 0. The number of hydrogen-bond donors (Lipinski definition) is 0. The monoisotopic (exact) mass is 747 g/mol. The Kier molecular flexibility index (Phi) is 38.3. The van der Waals surface area contributed by atoms with Crippen LogP contribution in [0, 0.1) is 11.8 Å². The van der Waals surface area contributed by atoms with E-state index in [9.17, 15) is 9.59 Å². The SMILES string of the molecule is CCCCCCCCCCCCCCCCCCCCCC(=O)OCC(C)CCOC(=O)C1CCCCCCCCCCCCCCCCCCCC1. The van der Waals surface area contributed by atoms with E-state index in [1.54, 1.807) is 0 Å². The molecule has 1 aliphatic rings.